The summed E-state index contributed by atoms with van der Waals surface area (Å²) in [5.41, 5.74) is 3.17. The van der Waals surface area contributed by atoms with E-state index in [1.54, 1.807) is 6.33 Å². The van der Waals surface area contributed by atoms with E-state index in [1.165, 1.54) is 0 Å². The lowest BCUT2D eigenvalue weighted by molar-refractivity contribution is 0.699. The smallest absolute Gasteiger partial charge is 0.133 e. The molecule has 0 aliphatic carbocycles. The van der Waals surface area contributed by atoms with Crippen LogP contribution in [0.3, 0.4) is 0 Å². The summed E-state index contributed by atoms with van der Waals surface area (Å²) in [4.78, 5) is 19.6. The van der Waals surface area contributed by atoms with Gasteiger partial charge in [-0.2, -0.15) is 0 Å². The molecule has 19 heavy (non-hydrogen) atoms. The Kier molecular flexibility index (Phi) is 3.11. The second kappa shape index (κ2) is 4.91. The Morgan fingerprint density at radius 2 is 1.79 bits per heavy atom. The lowest BCUT2D eigenvalue weighted by Gasteiger charge is -2.17. The molecule has 1 atom stereocenters. The first-order chi connectivity index (χ1) is 9.22. The van der Waals surface area contributed by atoms with Crippen molar-refractivity contribution >= 4 is 5.69 Å². The maximum atomic E-state index is 4.58. The molecule has 3 heterocycles. The molecule has 0 unspecified atom stereocenters. The number of aryl methyl sites for hydroxylation is 2. The van der Waals surface area contributed by atoms with Crippen LogP contribution in [0.5, 0.6) is 0 Å². The lowest BCUT2D eigenvalue weighted by Crippen LogP contribution is -2.20. The molecule has 5 heteroatoms. The Morgan fingerprint density at radius 1 is 1.11 bits per heavy atom. The molecule has 0 aromatic carbocycles. The van der Waals surface area contributed by atoms with Crippen LogP contribution in [-0.4, -0.2) is 33.0 Å². The molecule has 0 amide bonds. The predicted molar refractivity (Wildman–Crippen MR) is 73.1 cm³/mol. The van der Waals surface area contributed by atoms with Crippen LogP contribution in [0.1, 0.15) is 29.6 Å². The molecule has 1 fully saturated rings. The minimum Gasteiger partial charge on any atom is -0.368 e. The van der Waals surface area contributed by atoms with Crippen molar-refractivity contribution in [1.29, 1.82) is 0 Å². The SMILES string of the molecule is Cc1cc(C)nc([C@H]2CCN(c3cncnc3)C2)n1. The van der Waals surface area contributed by atoms with Gasteiger partial charge in [-0.15, -0.1) is 0 Å². The zero-order valence-electron chi connectivity index (χ0n) is 11.2. The van der Waals surface area contributed by atoms with Gasteiger partial charge in [0.25, 0.3) is 0 Å². The third kappa shape index (κ3) is 2.54. The Morgan fingerprint density at radius 3 is 2.47 bits per heavy atom. The van der Waals surface area contributed by atoms with Crippen LogP contribution < -0.4 is 4.90 Å². The Bertz CT molecular complexity index is 549. The third-order valence-electron chi connectivity index (χ3n) is 3.47. The van der Waals surface area contributed by atoms with Gasteiger partial charge in [-0.3, -0.25) is 0 Å². The first-order valence-electron chi connectivity index (χ1n) is 6.54. The first kappa shape index (κ1) is 12.0. The molecule has 5 nitrogen and oxygen atoms in total. The highest BCUT2D eigenvalue weighted by molar-refractivity contribution is 5.43. The van der Waals surface area contributed by atoms with Gasteiger partial charge < -0.3 is 4.90 Å². The third-order valence-corrected chi connectivity index (χ3v) is 3.47. The van der Waals surface area contributed by atoms with E-state index in [2.05, 4.69) is 24.8 Å². The largest absolute Gasteiger partial charge is 0.368 e. The Labute approximate surface area is 112 Å². The molecule has 0 N–H and O–H groups in total. The highest BCUT2D eigenvalue weighted by atomic mass is 15.2. The van der Waals surface area contributed by atoms with Crippen LogP contribution in [0.15, 0.2) is 24.8 Å². The molecule has 3 rings (SSSR count). The summed E-state index contributed by atoms with van der Waals surface area (Å²) in [6.07, 6.45) is 6.36. The van der Waals surface area contributed by atoms with E-state index in [1.807, 2.05) is 32.3 Å². The summed E-state index contributed by atoms with van der Waals surface area (Å²) in [6, 6.07) is 2.02. The number of hydrogen-bond acceptors (Lipinski definition) is 5. The van der Waals surface area contributed by atoms with Gasteiger partial charge in [0.05, 0.1) is 18.1 Å². The maximum absolute atomic E-state index is 4.58. The highest BCUT2D eigenvalue weighted by Crippen LogP contribution is 2.28. The normalized spacial score (nSPS) is 18.8. The fraction of sp³-hybridized carbons (Fsp3) is 0.429. The highest BCUT2D eigenvalue weighted by Gasteiger charge is 2.26. The van der Waals surface area contributed by atoms with Crippen LogP contribution in [0.4, 0.5) is 5.69 Å². The molecule has 1 aliphatic rings. The zero-order valence-corrected chi connectivity index (χ0v) is 11.2. The van der Waals surface area contributed by atoms with Crippen LogP contribution in [-0.2, 0) is 0 Å². The lowest BCUT2D eigenvalue weighted by atomic mass is 10.1. The molecule has 0 saturated carbocycles. The summed E-state index contributed by atoms with van der Waals surface area (Å²) in [5.74, 6) is 1.37. The van der Waals surface area contributed by atoms with Gasteiger partial charge in [-0.05, 0) is 26.3 Å². The minimum absolute atomic E-state index is 0.402. The van der Waals surface area contributed by atoms with Crippen molar-refractivity contribution in [3.63, 3.8) is 0 Å². The van der Waals surface area contributed by atoms with Crippen LogP contribution in [0.2, 0.25) is 0 Å². The quantitative estimate of drug-likeness (QED) is 0.820. The second-order valence-electron chi connectivity index (χ2n) is 5.04. The molecule has 0 radical (unpaired) electrons. The molecular weight excluding hydrogens is 238 g/mol. The van der Waals surface area contributed by atoms with Gasteiger partial charge in [0.1, 0.15) is 12.2 Å². The molecule has 1 aliphatic heterocycles. The van der Waals surface area contributed by atoms with Crippen molar-refractivity contribution < 1.29 is 0 Å². The van der Waals surface area contributed by atoms with Crippen molar-refractivity contribution in [2.45, 2.75) is 26.2 Å². The van der Waals surface area contributed by atoms with Gasteiger partial charge in [0.15, 0.2) is 0 Å². The van der Waals surface area contributed by atoms with Crippen molar-refractivity contribution in [2.75, 3.05) is 18.0 Å². The average Bonchev–Trinajstić information content (AvgIpc) is 2.88. The molecule has 0 spiro atoms. The van der Waals surface area contributed by atoms with Crippen molar-refractivity contribution in [3.8, 4) is 0 Å². The predicted octanol–water partition coefficient (Wildman–Crippen LogP) is 1.88. The number of rotatable bonds is 2. The van der Waals surface area contributed by atoms with Crippen LogP contribution in [0.25, 0.3) is 0 Å². The van der Waals surface area contributed by atoms with Crippen molar-refractivity contribution in [3.05, 3.63) is 42.0 Å². The summed E-state index contributed by atoms with van der Waals surface area (Å²) < 4.78 is 0. The van der Waals surface area contributed by atoms with E-state index in [-0.39, 0.29) is 0 Å². The van der Waals surface area contributed by atoms with Gasteiger partial charge in [-0.1, -0.05) is 0 Å². The molecule has 0 bridgehead atoms. The monoisotopic (exact) mass is 255 g/mol. The topological polar surface area (TPSA) is 54.8 Å². The van der Waals surface area contributed by atoms with Crippen molar-refractivity contribution in [2.24, 2.45) is 0 Å². The number of anilines is 1. The molecule has 2 aromatic heterocycles. The molecule has 2 aromatic rings. The standard InChI is InChI=1S/C14H17N5/c1-10-5-11(2)18-14(17-10)12-3-4-19(8-12)13-6-15-9-16-7-13/h5-7,9,12H,3-4,8H2,1-2H3/t12-/m0/s1. The van der Waals surface area contributed by atoms with Crippen LogP contribution in [0, 0.1) is 13.8 Å². The van der Waals surface area contributed by atoms with Gasteiger partial charge in [-0.25, -0.2) is 19.9 Å². The molecule has 98 valence electrons. The maximum Gasteiger partial charge on any atom is 0.133 e. The van der Waals surface area contributed by atoms with E-state index in [0.717, 1.165) is 42.4 Å². The fourth-order valence-corrected chi connectivity index (χ4v) is 2.60. The minimum atomic E-state index is 0.402. The van der Waals surface area contributed by atoms with E-state index in [4.69, 9.17) is 0 Å². The summed E-state index contributed by atoms with van der Waals surface area (Å²) in [5, 5.41) is 0. The van der Waals surface area contributed by atoms with Crippen molar-refractivity contribution in [1.82, 2.24) is 19.9 Å². The van der Waals surface area contributed by atoms with E-state index >= 15 is 0 Å². The van der Waals surface area contributed by atoms with E-state index in [0.29, 0.717) is 5.92 Å². The van der Waals surface area contributed by atoms with Crippen LogP contribution >= 0.6 is 0 Å². The summed E-state index contributed by atoms with van der Waals surface area (Å²) in [7, 11) is 0. The molecular formula is C14H17N5. The van der Waals surface area contributed by atoms with E-state index < -0.39 is 0 Å². The van der Waals surface area contributed by atoms with Gasteiger partial charge in [0, 0.05) is 30.4 Å². The second-order valence-corrected chi connectivity index (χ2v) is 5.04. The Hall–Kier alpha value is -2.04. The Balaban J connectivity index is 1.79. The number of hydrogen-bond donors (Lipinski definition) is 0. The van der Waals surface area contributed by atoms with Gasteiger partial charge in [0.2, 0.25) is 0 Å². The van der Waals surface area contributed by atoms with E-state index in [9.17, 15) is 0 Å². The summed E-state index contributed by atoms with van der Waals surface area (Å²) in [6.45, 7) is 6.00. The van der Waals surface area contributed by atoms with Gasteiger partial charge >= 0.3 is 0 Å². The number of aromatic nitrogens is 4. The molecule has 1 saturated heterocycles. The zero-order chi connectivity index (χ0) is 13.2. The summed E-state index contributed by atoms with van der Waals surface area (Å²) >= 11 is 0. The first-order valence-corrected chi connectivity index (χ1v) is 6.54. The average molecular weight is 255 g/mol. The number of nitrogens with zero attached hydrogens (tertiary/aromatic N) is 5. The fourth-order valence-electron chi connectivity index (χ4n) is 2.60.